The highest BCUT2D eigenvalue weighted by atomic mass is 15.3. The minimum atomic E-state index is 0.258. The molecule has 0 bridgehead atoms. The van der Waals surface area contributed by atoms with E-state index in [0.29, 0.717) is 0 Å². The average Bonchev–Trinajstić information content (AvgIpc) is 2.66. The molecule has 5 nitrogen and oxygen atoms in total. The summed E-state index contributed by atoms with van der Waals surface area (Å²) in [5.41, 5.74) is 3.30. The Kier molecular flexibility index (Phi) is 3.72. The number of nitrogens with zero attached hydrogens (tertiary/aromatic N) is 4. The van der Waals surface area contributed by atoms with Crippen molar-refractivity contribution in [2.75, 3.05) is 0 Å². The Morgan fingerprint density at radius 3 is 2.78 bits per heavy atom. The van der Waals surface area contributed by atoms with Crippen molar-refractivity contribution >= 4 is 0 Å². The molecule has 0 saturated heterocycles. The van der Waals surface area contributed by atoms with E-state index in [-0.39, 0.29) is 6.04 Å². The monoisotopic (exact) mass is 245 g/mol. The first-order valence-electron chi connectivity index (χ1n) is 6.08. The van der Waals surface area contributed by atoms with Crippen LogP contribution in [0.25, 0.3) is 0 Å². The summed E-state index contributed by atoms with van der Waals surface area (Å²) in [6.07, 6.45) is 3.84. The van der Waals surface area contributed by atoms with Crippen LogP contribution in [-0.2, 0) is 13.6 Å². The van der Waals surface area contributed by atoms with E-state index in [9.17, 15) is 0 Å². The van der Waals surface area contributed by atoms with Crippen LogP contribution in [0.2, 0.25) is 0 Å². The molecule has 2 heterocycles. The van der Waals surface area contributed by atoms with E-state index in [0.717, 1.165) is 23.8 Å². The second-order valence-electron chi connectivity index (χ2n) is 4.54. The largest absolute Gasteiger partial charge is 0.304 e. The zero-order valence-electron chi connectivity index (χ0n) is 11.3. The van der Waals surface area contributed by atoms with Gasteiger partial charge in [0.15, 0.2) is 0 Å². The van der Waals surface area contributed by atoms with E-state index in [1.165, 1.54) is 5.56 Å². The summed E-state index contributed by atoms with van der Waals surface area (Å²) in [4.78, 5) is 8.46. The van der Waals surface area contributed by atoms with Gasteiger partial charge in [-0.1, -0.05) is 0 Å². The molecular formula is C13H19N5. The highest BCUT2D eigenvalue weighted by molar-refractivity contribution is 5.19. The molecule has 0 amide bonds. The Morgan fingerprint density at radius 2 is 2.17 bits per heavy atom. The molecule has 0 aliphatic heterocycles. The molecule has 2 aromatic heterocycles. The first-order valence-corrected chi connectivity index (χ1v) is 6.08. The Labute approximate surface area is 107 Å². The minimum Gasteiger partial charge on any atom is -0.304 e. The molecule has 0 fully saturated rings. The predicted octanol–water partition coefficient (Wildman–Crippen LogP) is 1.68. The van der Waals surface area contributed by atoms with Crippen molar-refractivity contribution in [3.63, 3.8) is 0 Å². The topological polar surface area (TPSA) is 55.6 Å². The first-order chi connectivity index (χ1) is 8.56. The van der Waals surface area contributed by atoms with Crippen LogP contribution in [0, 0.1) is 13.8 Å². The van der Waals surface area contributed by atoms with Crippen LogP contribution in [0.5, 0.6) is 0 Å². The number of nitrogens with one attached hydrogen (secondary N) is 1. The van der Waals surface area contributed by atoms with Gasteiger partial charge in [0.2, 0.25) is 0 Å². The third kappa shape index (κ3) is 2.92. The van der Waals surface area contributed by atoms with Crippen LogP contribution in [0.15, 0.2) is 18.5 Å². The Bertz CT molecular complexity index is 532. The van der Waals surface area contributed by atoms with Gasteiger partial charge in [0, 0.05) is 37.6 Å². The molecule has 1 N–H and O–H groups in total. The molecule has 1 unspecified atom stereocenters. The minimum absolute atomic E-state index is 0.258. The van der Waals surface area contributed by atoms with E-state index in [1.807, 2.05) is 31.6 Å². The van der Waals surface area contributed by atoms with Crippen molar-refractivity contribution in [1.82, 2.24) is 25.1 Å². The molecular weight excluding hydrogens is 226 g/mol. The predicted molar refractivity (Wildman–Crippen MR) is 70.0 cm³/mol. The van der Waals surface area contributed by atoms with Crippen LogP contribution >= 0.6 is 0 Å². The summed E-state index contributed by atoms with van der Waals surface area (Å²) >= 11 is 0. The number of aryl methyl sites for hydroxylation is 3. The quantitative estimate of drug-likeness (QED) is 0.890. The molecule has 0 radical (unpaired) electrons. The summed E-state index contributed by atoms with van der Waals surface area (Å²) in [5.74, 6) is 0.805. The van der Waals surface area contributed by atoms with E-state index in [2.05, 4.69) is 33.5 Å². The molecule has 18 heavy (non-hydrogen) atoms. The highest BCUT2D eigenvalue weighted by Crippen LogP contribution is 2.15. The number of rotatable bonds is 4. The van der Waals surface area contributed by atoms with Crippen molar-refractivity contribution in [3.8, 4) is 0 Å². The number of hydrogen-bond acceptors (Lipinski definition) is 4. The summed E-state index contributed by atoms with van der Waals surface area (Å²) in [5, 5.41) is 7.81. The summed E-state index contributed by atoms with van der Waals surface area (Å²) in [6.45, 7) is 6.80. The molecule has 0 spiro atoms. The Hall–Kier alpha value is -1.75. The third-order valence-electron chi connectivity index (χ3n) is 2.94. The van der Waals surface area contributed by atoms with E-state index >= 15 is 0 Å². The Balaban J connectivity index is 2.00. The van der Waals surface area contributed by atoms with Crippen molar-refractivity contribution < 1.29 is 0 Å². The summed E-state index contributed by atoms with van der Waals surface area (Å²) in [7, 11) is 1.94. The molecule has 2 rings (SSSR count). The maximum atomic E-state index is 4.37. The summed E-state index contributed by atoms with van der Waals surface area (Å²) < 4.78 is 1.84. The van der Waals surface area contributed by atoms with Gasteiger partial charge >= 0.3 is 0 Å². The zero-order chi connectivity index (χ0) is 13.1. The van der Waals surface area contributed by atoms with Gasteiger partial charge in [0.25, 0.3) is 0 Å². The molecule has 5 heteroatoms. The third-order valence-corrected chi connectivity index (χ3v) is 2.94. The van der Waals surface area contributed by atoms with Gasteiger partial charge in [-0.3, -0.25) is 4.68 Å². The molecule has 0 saturated carbocycles. The van der Waals surface area contributed by atoms with Crippen LogP contribution in [-0.4, -0.2) is 19.7 Å². The van der Waals surface area contributed by atoms with Gasteiger partial charge in [-0.05, 0) is 26.8 Å². The van der Waals surface area contributed by atoms with Crippen LogP contribution in [0.3, 0.4) is 0 Å². The van der Waals surface area contributed by atoms with Crippen LogP contribution < -0.4 is 5.32 Å². The van der Waals surface area contributed by atoms with Crippen molar-refractivity contribution in [2.45, 2.75) is 33.4 Å². The lowest BCUT2D eigenvalue weighted by Crippen LogP contribution is -2.19. The molecule has 0 aromatic carbocycles. The lowest BCUT2D eigenvalue weighted by atomic mass is 10.1. The van der Waals surface area contributed by atoms with E-state index < -0.39 is 0 Å². The van der Waals surface area contributed by atoms with Gasteiger partial charge in [-0.15, -0.1) is 0 Å². The normalized spacial score (nSPS) is 12.7. The fraction of sp³-hybridized carbons (Fsp3) is 0.462. The van der Waals surface area contributed by atoms with Gasteiger partial charge in [-0.2, -0.15) is 5.10 Å². The van der Waals surface area contributed by atoms with Crippen molar-refractivity contribution in [3.05, 3.63) is 41.2 Å². The maximum absolute atomic E-state index is 4.37. The molecule has 0 aliphatic rings. The fourth-order valence-electron chi connectivity index (χ4n) is 2.01. The van der Waals surface area contributed by atoms with Crippen LogP contribution in [0.4, 0.5) is 0 Å². The maximum Gasteiger partial charge on any atom is 0.125 e. The van der Waals surface area contributed by atoms with E-state index in [4.69, 9.17) is 0 Å². The second kappa shape index (κ2) is 5.27. The average molecular weight is 245 g/mol. The Morgan fingerprint density at radius 1 is 1.39 bits per heavy atom. The lowest BCUT2D eigenvalue weighted by molar-refractivity contribution is 0.563. The second-order valence-corrected chi connectivity index (χ2v) is 4.54. The molecule has 0 aliphatic carbocycles. The van der Waals surface area contributed by atoms with Gasteiger partial charge in [0.05, 0.1) is 11.4 Å². The molecule has 96 valence electrons. The summed E-state index contributed by atoms with van der Waals surface area (Å²) in [6, 6.07) is 2.19. The smallest absolute Gasteiger partial charge is 0.125 e. The van der Waals surface area contributed by atoms with Crippen molar-refractivity contribution in [2.24, 2.45) is 7.05 Å². The van der Waals surface area contributed by atoms with Crippen LogP contribution in [0.1, 0.15) is 35.7 Å². The SMILES string of the molecule is Cc1nccc(CNC(C)c2cn(C)nc2C)n1. The number of aromatic nitrogens is 4. The van der Waals surface area contributed by atoms with E-state index in [1.54, 1.807) is 6.20 Å². The first kappa shape index (κ1) is 12.7. The van der Waals surface area contributed by atoms with Gasteiger partial charge in [-0.25, -0.2) is 9.97 Å². The van der Waals surface area contributed by atoms with Gasteiger partial charge in [0.1, 0.15) is 5.82 Å². The zero-order valence-corrected chi connectivity index (χ0v) is 11.3. The molecule has 2 aromatic rings. The van der Waals surface area contributed by atoms with Gasteiger partial charge < -0.3 is 5.32 Å². The fourth-order valence-corrected chi connectivity index (χ4v) is 2.01. The molecule has 1 atom stereocenters. The standard InChI is InChI=1S/C13H19N5/c1-9(13-8-18(4)17-10(13)2)15-7-12-5-6-14-11(3)16-12/h5-6,8-9,15H,7H2,1-4H3. The van der Waals surface area contributed by atoms with Crippen molar-refractivity contribution in [1.29, 1.82) is 0 Å². The number of hydrogen-bond donors (Lipinski definition) is 1. The highest BCUT2D eigenvalue weighted by Gasteiger charge is 2.11. The lowest BCUT2D eigenvalue weighted by Gasteiger charge is -2.12.